The highest BCUT2D eigenvalue weighted by atomic mass is 16.7. The van der Waals surface area contributed by atoms with Crippen molar-refractivity contribution in [1.29, 1.82) is 0 Å². The molecule has 8 rings (SSSR count). The number of rotatable bonds is 9. The molecule has 0 aromatic heterocycles. The van der Waals surface area contributed by atoms with Crippen LogP contribution in [-0.4, -0.2) is 108 Å². The van der Waals surface area contributed by atoms with Gasteiger partial charge in [-0.05, 0) is 122 Å². The molecule has 3 heterocycles. The third-order valence-electron chi connectivity index (χ3n) is 17.4. The first-order valence-corrected chi connectivity index (χ1v) is 21.1. The SMILES string of the molecule is CC(C)[C@@H](OC(=O)N1CCC1)[C@H]1C[C@@H](C)[C@H]2[C@H](O1)[C@H](O)[C@@]1(C)[C@@H]3CC[C@H]4C(C)(C)[C@@H](O[C@H]5CN(CCCC(=O)O)CCO5)CC[C@@]45C[C@@]35CC[C@]21C. The summed E-state index contributed by atoms with van der Waals surface area (Å²) >= 11 is 0. The number of carboxylic acid groups (broad SMARTS) is 1. The monoisotopic (exact) mass is 728 g/mol. The maximum atomic E-state index is 13.0. The maximum absolute atomic E-state index is 13.0. The van der Waals surface area contributed by atoms with Crippen molar-refractivity contribution in [1.82, 2.24) is 9.80 Å². The van der Waals surface area contributed by atoms with Gasteiger partial charge < -0.3 is 34.1 Å². The van der Waals surface area contributed by atoms with Crippen LogP contribution in [0.5, 0.6) is 0 Å². The minimum absolute atomic E-state index is 0.00971. The fourth-order valence-electron chi connectivity index (χ4n) is 14.7. The van der Waals surface area contributed by atoms with E-state index in [1.165, 1.54) is 25.7 Å². The van der Waals surface area contributed by atoms with E-state index in [0.717, 1.165) is 58.3 Å². The second-order valence-corrected chi connectivity index (χ2v) is 20.2. The second kappa shape index (κ2) is 13.1. The maximum Gasteiger partial charge on any atom is 0.410 e. The molecule has 14 atom stereocenters. The molecule has 10 nitrogen and oxygen atoms in total. The van der Waals surface area contributed by atoms with Crippen molar-refractivity contribution in [3.63, 3.8) is 0 Å². The minimum atomic E-state index is -0.739. The lowest BCUT2D eigenvalue weighted by molar-refractivity contribution is -0.248. The molecule has 0 radical (unpaired) electrons. The summed E-state index contributed by atoms with van der Waals surface area (Å²) in [5.41, 5.74) is 0.322. The summed E-state index contributed by atoms with van der Waals surface area (Å²) in [5, 5.41) is 21.8. The quantitative estimate of drug-likeness (QED) is 0.272. The third kappa shape index (κ3) is 5.40. The number of hydrogen-bond donors (Lipinski definition) is 2. The van der Waals surface area contributed by atoms with Gasteiger partial charge in [-0.2, -0.15) is 0 Å². The first-order chi connectivity index (χ1) is 24.6. The van der Waals surface area contributed by atoms with Gasteiger partial charge in [0.05, 0.1) is 31.0 Å². The van der Waals surface area contributed by atoms with Gasteiger partial charge in [-0.25, -0.2) is 4.79 Å². The molecule has 294 valence electrons. The van der Waals surface area contributed by atoms with Crippen LogP contribution in [0.4, 0.5) is 4.79 Å². The van der Waals surface area contributed by atoms with E-state index in [9.17, 15) is 14.7 Å². The molecule has 8 aliphatic rings. The van der Waals surface area contributed by atoms with E-state index in [4.69, 9.17) is 24.1 Å². The highest BCUT2D eigenvalue weighted by Gasteiger charge is 2.84. The van der Waals surface area contributed by atoms with Crippen molar-refractivity contribution in [2.24, 2.45) is 56.7 Å². The molecule has 10 heteroatoms. The molecule has 5 aliphatic carbocycles. The number of carbonyl (C=O) groups is 2. The highest BCUT2D eigenvalue weighted by molar-refractivity contribution is 5.68. The van der Waals surface area contributed by atoms with Gasteiger partial charge in [0.25, 0.3) is 0 Å². The topological polar surface area (TPSA) is 118 Å². The summed E-state index contributed by atoms with van der Waals surface area (Å²) in [5.74, 6) is 1.08. The van der Waals surface area contributed by atoms with Crippen molar-refractivity contribution in [3.8, 4) is 0 Å². The standard InChI is InChI=1S/C42H68N2O8/c1-25(2)34(52-37(48)44-18-9-19-44)27-22-26(3)33-35(50-27)36(47)40(7)29-12-11-28-38(4,5)30(13-14-41(28)24-42(29,41)16-15-39(33,40)6)51-32-23-43(20-21-49-32)17-8-10-31(45)46/h25-30,32-36,47H,8-24H2,1-7H3,(H,45,46)/t26-,27-,28+,29+,30+,32+,33+,34-,35+,36+,39-,40-,41-,42+/m1/s1. The van der Waals surface area contributed by atoms with Crippen molar-refractivity contribution in [2.75, 3.05) is 39.3 Å². The van der Waals surface area contributed by atoms with Crippen LogP contribution in [0.3, 0.4) is 0 Å². The first-order valence-electron chi connectivity index (χ1n) is 21.1. The summed E-state index contributed by atoms with van der Waals surface area (Å²) in [7, 11) is 0. The summed E-state index contributed by atoms with van der Waals surface area (Å²) < 4.78 is 26.2. The Hall–Kier alpha value is -1.46. The largest absolute Gasteiger partial charge is 0.481 e. The Labute approximate surface area is 312 Å². The number of aliphatic hydroxyl groups excluding tert-OH is 1. The van der Waals surface area contributed by atoms with Crippen LogP contribution in [-0.2, 0) is 23.7 Å². The van der Waals surface area contributed by atoms with Gasteiger partial charge in [0, 0.05) is 38.0 Å². The Morgan fingerprint density at radius 2 is 1.71 bits per heavy atom. The van der Waals surface area contributed by atoms with Gasteiger partial charge in [0.1, 0.15) is 6.10 Å². The van der Waals surface area contributed by atoms with Crippen LogP contribution in [0, 0.1) is 56.7 Å². The molecule has 3 saturated heterocycles. The number of aliphatic hydroxyl groups is 1. The van der Waals surface area contributed by atoms with E-state index in [2.05, 4.69) is 53.4 Å². The van der Waals surface area contributed by atoms with Crippen LogP contribution < -0.4 is 0 Å². The molecule has 0 aromatic rings. The lowest BCUT2D eigenvalue weighted by Crippen LogP contribution is -2.60. The van der Waals surface area contributed by atoms with Crippen molar-refractivity contribution < 1.29 is 38.7 Å². The van der Waals surface area contributed by atoms with Gasteiger partial charge in [-0.15, -0.1) is 0 Å². The Kier molecular flexibility index (Phi) is 9.41. The van der Waals surface area contributed by atoms with Crippen LogP contribution in [0.25, 0.3) is 0 Å². The zero-order valence-corrected chi connectivity index (χ0v) is 33.1. The molecule has 52 heavy (non-hydrogen) atoms. The number of aliphatic carboxylic acids is 1. The molecule has 3 aliphatic heterocycles. The number of carbonyl (C=O) groups excluding carboxylic acids is 1. The van der Waals surface area contributed by atoms with Crippen LogP contribution in [0.1, 0.15) is 119 Å². The predicted octanol–water partition coefficient (Wildman–Crippen LogP) is 6.58. The fraction of sp³-hybridized carbons (Fsp3) is 0.952. The fourth-order valence-corrected chi connectivity index (χ4v) is 14.7. The van der Waals surface area contributed by atoms with E-state index in [0.29, 0.717) is 42.7 Å². The first kappa shape index (κ1) is 37.5. The smallest absolute Gasteiger partial charge is 0.410 e. The molecule has 1 amide bonds. The number of fused-ring (bicyclic) bond motifs is 4. The predicted molar refractivity (Wildman–Crippen MR) is 195 cm³/mol. The summed E-state index contributed by atoms with van der Waals surface area (Å²) in [4.78, 5) is 28.1. The van der Waals surface area contributed by atoms with Crippen molar-refractivity contribution in [3.05, 3.63) is 0 Å². The van der Waals surface area contributed by atoms with Gasteiger partial charge in [0.2, 0.25) is 0 Å². The number of nitrogens with zero attached hydrogens (tertiary/aromatic N) is 2. The van der Waals surface area contributed by atoms with Crippen molar-refractivity contribution in [2.45, 2.75) is 156 Å². The van der Waals surface area contributed by atoms with Crippen LogP contribution in [0.15, 0.2) is 0 Å². The Morgan fingerprint density at radius 1 is 0.981 bits per heavy atom. The lowest BCUT2D eigenvalue weighted by Gasteiger charge is -2.64. The van der Waals surface area contributed by atoms with E-state index in [1.54, 1.807) is 4.90 Å². The number of likely N-dealkylation sites (tertiary alicyclic amines) is 1. The van der Waals surface area contributed by atoms with Crippen LogP contribution in [0.2, 0.25) is 0 Å². The van der Waals surface area contributed by atoms with Gasteiger partial charge >= 0.3 is 12.1 Å². The van der Waals surface area contributed by atoms with Crippen LogP contribution >= 0.6 is 0 Å². The zero-order chi connectivity index (χ0) is 37.0. The minimum Gasteiger partial charge on any atom is -0.481 e. The number of morpholine rings is 1. The van der Waals surface area contributed by atoms with Gasteiger partial charge in [-0.3, -0.25) is 9.69 Å². The Bertz CT molecular complexity index is 1390. The number of carboxylic acids is 1. The summed E-state index contributed by atoms with van der Waals surface area (Å²) in [6.07, 6.45) is 9.25. The van der Waals surface area contributed by atoms with E-state index < -0.39 is 12.1 Å². The third-order valence-corrected chi connectivity index (χ3v) is 17.4. The number of amides is 1. The number of ether oxygens (including phenoxy) is 4. The molecule has 2 spiro atoms. The molecular weight excluding hydrogens is 660 g/mol. The van der Waals surface area contributed by atoms with E-state index in [1.807, 2.05) is 0 Å². The van der Waals surface area contributed by atoms with Gasteiger partial charge in [-0.1, -0.05) is 48.5 Å². The number of hydrogen-bond acceptors (Lipinski definition) is 8. The Morgan fingerprint density at radius 3 is 2.40 bits per heavy atom. The normalized spacial score (nSPS) is 48.3. The Balaban J connectivity index is 0.981. The molecule has 0 unspecified atom stereocenters. The summed E-state index contributed by atoms with van der Waals surface area (Å²) in [6, 6.07) is 0. The van der Waals surface area contributed by atoms with Gasteiger partial charge in [0.15, 0.2) is 6.29 Å². The second-order valence-electron chi connectivity index (χ2n) is 20.2. The zero-order valence-electron chi connectivity index (χ0n) is 33.1. The molecule has 5 saturated carbocycles. The molecule has 0 bridgehead atoms. The van der Waals surface area contributed by atoms with Crippen molar-refractivity contribution >= 4 is 12.1 Å². The van der Waals surface area contributed by atoms with E-state index >= 15 is 0 Å². The molecule has 8 fully saturated rings. The summed E-state index contributed by atoms with van der Waals surface area (Å²) in [6.45, 7) is 20.9. The average molecular weight is 729 g/mol. The average Bonchev–Trinajstić information content (AvgIpc) is 3.68. The lowest BCUT2D eigenvalue weighted by atomic mass is 9.41. The highest BCUT2D eigenvalue weighted by Crippen LogP contribution is 2.89. The molecule has 2 N–H and O–H groups in total. The molecular formula is C42H68N2O8. The molecule has 0 aromatic carbocycles. The van der Waals surface area contributed by atoms with E-state index in [-0.39, 0.29) is 76.7 Å².